The van der Waals surface area contributed by atoms with Gasteiger partial charge in [0.2, 0.25) is 0 Å². The Bertz CT molecular complexity index is 331. The molecule has 0 bridgehead atoms. The van der Waals surface area contributed by atoms with Gasteiger partial charge >= 0.3 is 0 Å². The first-order valence-electron chi connectivity index (χ1n) is 6.36. The molecule has 0 saturated carbocycles. The summed E-state index contributed by atoms with van der Waals surface area (Å²) in [5.74, 6) is 0. The van der Waals surface area contributed by atoms with E-state index in [0.717, 1.165) is 18.0 Å². The third-order valence-electron chi connectivity index (χ3n) is 3.07. The number of aryl methyl sites for hydroxylation is 1. The summed E-state index contributed by atoms with van der Waals surface area (Å²) in [5.41, 5.74) is 0.384. The second-order valence-electron chi connectivity index (χ2n) is 5.71. The molecule has 1 heterocycles. The van der Waals surface area contributed by atoms with Crippen molar-refractivity contribution in [1.82, 2.24) is 5.32 Å². The molecule has 0 aromatic carbocycles. The fraction of sp³-hybridized carbons (Fsp3) is 0.714. The Kier molecular flexibility index (Phi) is 5.98. The largest absolute Gasteiger partial charge is 0.315 e. The zero-order chi connectivity index (χ0) is 12.9. The molecule has 1 nitrogen and oxygen atoms in total. The maximum absolute atomic E-state index is 6.11. The molecule has 0 radical (unpaired) electrons. The quantitative estimate of drug-likeness (QED) is 0.756. The molecule has 1 N–H and O–H groups in total. The highest BCUT2D eigenvalue weighted by Gasteiger charge is 2.18. The van der Waals surface area contributed by atoms with Crippen molar-refractivity contribution in [3.05, 3.63) is 21.3 Å². The Balaban J connectivity index is 2.31. The molecule has 1 aromatic rings. The molecular weight excluding hydrogens is 250 g/mol. The molecule has 0 aliphatic heterocycles. The van der Waals surface area contributed by atoms with E-state index in [2.05, 4.69) is 38.4 Å². The lowest BCUT2D eigenvalue weighted by molar-refractivity contribution is 0.299. The van der Waals surface area contributed by atoms with Crippen LogP contribution in [0.3, 0.4) is 0 Å². The molecule has 0 aliphatic carbocycles. The van der Waals surface area contributed by atoms with Crippen LogP contribution in [-0.4, -0.2) is 12.6 Å². The Morgan fingerprint density at radius 1 is 1.35 bits per heavy atom. The number of halogens is 1. The minimum atomic E-state index is 0.384. The van der Waals surface area contributed by atoms with Gasteiger partial charge in [0.05, 0.1) is 5.02 Å². The Labute approximate surface area is 115 Å². The minimum Gasteiger partial charge on any atom is -0.315 e. The standard InChI is InChI=1S/C14H24ClNS/c1-11(2)16-9-8-14(3,4)7-5-13-12(15)6-10-17-13/h6,10-11,16H,5,7-9H2,1-4H3. The average Bonchev–Trinajstić information content (AvgIpc) is 2.60. The molecule has 0 spiro atoms. The monoisotopic (exact) mass is 273 g/mol. The fourth-order valence-electron chi connectivity index (χ4n) is 1.78. The van der Waals surface area contributed by atoms with Crippen LogP contribution in [0.5, 0.6) is 0 Å². The summed E-state index contributed by atoms with van der Waals surface area (Å²) in [6.07, 6.45) is 3.52. The summed E-state index contributed by atoms with van der Waals surface area (Å²) < 4.78 is 0. The van der Waals surface area contributed by atoms with Crippen molar-refractivity contribution in [3.63, 3.8) is 0 Å². The van der Waals surface area contributed by atoms with Crippen molar-refractivity contribution in [3.8, 4) is 0 Å². The normalized spacial score (nSPS) is 12.4. The molecule has 1 rings (SSSR count). The van der Waals surface area contributed by atoms with Gasteiger partial charge in [-0.2, -0.15) is 0 Å². The Morgan fingerprint density at radius 3 is 2.59 bits per heavy atom. The first-order valence-corrected chi connectivity index (χ1v) is 7.62. The molecule has 0 amide bonds. The van der Waals surface area contributed by atoms with Gasteiger partial charge in [0.25, 0.3) is 0 Å². The van der Waals surface area contributed by atoms with E-state index in [-0.39, 0.29) is 0 Å². The highest BCUT2D eigenvalue weighted by molar-refractivity contribution is 7.10. The number of hydrogen-bond acceptors (Lipinski definition) is 2. The van der Waals surface area contributed by atoms with Crippen molar-refractivity contribution in [2.24, 2.45) is 5.41 Å². The Morgan fingerprint density at radius 2 is 2.06 bits per heavy atom. The van der Waals surface area contributed by atoms with Crippen LogP contribution in [-0.2, 0) is 6.42 Å². The van der Waals surface area contributed by atoms with Crippen molar-refractivity contribution in [1.29, 1.82) is 0 Å². The van der Waals surface area contributed by atoms with Crippen molar-refractivity contribution < 1.29 is 0 Å². The van der Waals surface area contributed by atoms with E-state index in [9.17, 15) is 0 Å². The highest BCUT2D eigenvalue weighted by atomic mass is 35.5. The zero-order valence-corrected chi connectivity index (χ0v) is 12.9. The molecule has 1 aromatic heterocycles. The topological polar surface area (TPSA) is 12.0 Å². The van der Waals surface area contributed by atoms with Crippen LogP contribution in [0.4, 0.5) is 0 Å². The van der Waals surface area contributed by atoms with Gasteiger partial charge in [-0.25, -0.2) is 0 Å². The molecule has 0 saturated heterocycles. The molecule has 0 atom stereocenters. The van der Waals surface area contributed by atoms with Crippen molar-refractivity contribution in [2.45, 2.75) is 53.0 Å². The van der Waals surface area contributed by atoms with Crippen LogP contribution in [0, 0.1) is 5.41 Å². The maximum atomic E-state index is 6.11. The van der Waals surface area contributed by atoms with Gasteiger partial charge in [0, 0.05) is 10.9 Å². The lowest BCUT2D eigenvalue weighted by atomic mass is 9.84. The van der Waals surface area contributed by atoms with E-state index in [1.165, 1.54) is 17.7 Å². The zero-order valence-electron chi connectivity index (χ0n) is 11.3. The Hall–Kier alpha value is -0.0500. The predicted molar refractivity (Wildman–Crippen MR) is 79.2 cm³/mol. The van der Waals surface area contributed by atoms with E-state index in [1.54, 1.807) is 11.3 Å². The van der Waals surface area contributed by atoms with Gasteiger partial charge in [-0.15, -0.1) is 11.3 Å². The van der Waals surface area contributed by atoms with Crippen LogP contribution in [0.1, 0.15) is 45.4 Å². The molecule has 98 valence electrons. The first kappa shape index (κ1) is 15.0. The van der Waals surface area contributed by atoms with Gasteiger partial charge in [-0.3, -0.25) is 0 Å². The number of hydrogen-bond donors (Lipinski definition) is 1. The molecule has 17 heavy (non-hydrogen) atoms. The number of thiophene rings is 1. The summed E-state index contributed by atoms with van der Waals surface area (Å²) in [7, 11) is 0. The lowest BCUT2D eigenvalue weighted by Crippen LogP contribution is -2.28. The lowest BCUT2D eigenvalue weighted by Gasteiger charge is -2.25. The van der Waals surface area contributed by atoms with Crippen LogP contribution in [0.2, 0.25) is 5.02 Å². The van der Waals surface area contributed by atoms with E-state index >= 15 is 0 Å². The fourth-order valence-corrected chi connectivity index (χ4v) is 2.91. The number of rotatable bonds is 7. The van der Waals surface area contributed by atoms with Gasteiger partial charge in [0.15, 0.2) is 0 Å². The molecule has 3 heteroatoms. The molecular formula is C14H24ClNS. The number of nitrogens with one attached hydrogen (secondary N) is 1. The second-order valence-corrected chi connectivity index (χ2v) is 7.12. The van der Waals surface area contributed by atoms with E-state index in [1.807, 2.05) is 6.07 Å². The average molecular weight is 274 g/mol. The summed E-state index contributed by atoms with van der Waals surface area (Å²) >= 11 is 7.88. The smallest absolute Gasteiger partial charge is 0.0544 e. The summed E-state index contributed by atoms with van der Waals surface area (Å²) in [6, 6.07) is 2.58. The minimum absolute atomic E-state index is 0.384. The predicted octanol–water partition coefficient (Wildman–Crippen LogP) is 4.75. The summed E-state index contributed by atoms with van der Waals surface area (Å²) in [5, 5.41) is 6.49. The molecule has 0 fully saturated rings. The molecule has 0 aliphatic rings. The van der Waals surface area contributed by atoms with Crippen LogP contribution < -0.4 is 5.32 Å². The second kappa shape index (κ2) is 6.77. The van der Waals surface area contributed by atoms with Gasteiger partial charge in [0.1, 0.15) is 0 Å². The third kappa shape index (κ3) is 5.89. The first-order chi connectivity index (χ1) is 7.91. The highest BCUT2D eigenvalue weighted by Crippen LogP contribution is 2.30. The van der Waals surface area contributed by atoms with Crippen LogP contribution in [0.15, 0.2) is 11.4 Å². The summed E-state index contributed by atoms with van der Waals surface area (Å²) in [6.45, 7) is 10.2. The van der Waals surface area contributed by atoms with E-state index < -0.39 is 0 Å². The van der Waals surface area contributed by atoms with E-state index in [4.69, 9.17) is 11.6 Å². The van der Waals surface area contributed by atoms with Gasteiger partial charge < -0.3 is 5.32 Å². The summed E-state index contributed by atoms with van der Waals surface area (Å²) in [4.78, 5) is 1.33. The van der Waals surface area contributed by atoms with Crippen LogP contribution >= 0.6 is 22.9 Å². The van der Waals surface area contributed by atoms with Crippen LogP contribution in [0.25, 0.3) is 0 Å². The SMILES string of the molecule is CC(C)NCCC(C)(C)CCc1sccc1Cl. The van der Waals surface area contributed by atoms with Crippen molar-refractivity contribution >= 4 is 22.9 Å². The third-order valence-corrected chi connectivity index (χ3v) is 4.52. The van der Waals surface area contributed by atoms with Gasteiger partial charge in [-0.1, -0.05) is 39.3 Å². The van der Waals surface area contributed by atoms with Crippen molar-refractivity contribution in [2.75, 3.05) is 6.54 Å². The molecule has 0 unspecified atom stereocenters. The van der Waals surface area contributed by atoms with E-state index in [0.29, 0.717) is 11.5 Å². The van der Waals surface area contributed by atoms with Gasteiger partial charge in [-0.05, 0) is 42.7 Å². The maximum Gasteiger partial charge on any atom is 0.0544 e.